The molecule has 0 spiro atoms. The maximum atomic E-state index is 9.72. The first kappa shape index (κ1) is 14.0. The highest BCUT2D eigenvalue weighted by atomic mass is 32.1. The van der Waals surface area contributed by atoms with E-state index in [1.165, 1.54) is 22.7 Å². The molecule has 4 aromatic rings. The lowest BCUT2D eigenvalue weighted by Crippen LogP contribution is -1.90. The van der Waals surface area contributed by atoms with Gasteiger partial charge in [-0.1, -0.05) is 12.1 Å². The Balaban J connectivity index is 2.23. The Hall–Kier alpha value is -2.58. The predicted molar refractivity (Wildman–Crippen MR) is 95.0 cm³/mol. The van der Waals surface area contributed by atoms with Crippen LogP contribution in [0.25, 0.3) is 36.8 Å². The minimum Gasteiger partial charge on any atom is -0.236 e. The molecule has 0 aliphatic carbocycles. The normalized spacial score (nSPS) is 10.5. The van der Waals surface area contributed by atoms with Gasteiger partial charge in [-0.15, -0.1) is 22.7 Å². The lowest BCUT2D eigenvalue weighted by molar-refractivity contribution is 1.49. The molecule has 4 nitrogen and oxygen atoms in total. The summed E-state index contributed by atoms with van der Waals surface area (Å²) in [7, 11) is 0. The molecule has 23 heavy (non-hydrogen) atoms. The van der Waals surface area contributed by atoms with Gasteiger partial charge in [0, 0.05) is 20.9 Å². The van der Waals surface area contributed by atoms with Gasteiger partial charge in [0.05, 0.1) is 29.9 Å². The highest BCUT2D eigenvalue weighted by Crippen LogP contribution is 2.47. The lowest BCUT2D eigenvalue weighted by Gasteiger charge is -2.10. The summed E-state index contributed by atoms with van der Waals surface area (Å²) in [4.78, 5) is 5.54. The average molecular weight is 350 g/mol. The first-order valence-electron chi connectivity index (χ1n) is 6.52. The van der Waals surface area contributed by atoms with Crippen molar-refractivity contribution in [1.29, 1.82) is 5.26 Å². The average Bonchev–Trinajstić information content (AvgIpc) is 3.33. The van der Waals surface area contributed by atoms with Gasteiger partial charge >= 0.3 is 0 Å². The molecule has 0 radical (unpaired) electrons. The van der Waals surface area contributed by atoms with Crippen LogP contribution in [0.5, 0.6) is 0 Å². The number of hydrogen-bond donors (Lipinski definition) is 0. The second-order valence-corrected chi connectivity index (χ2v) is 7.04. The van der Waals surface area contributed by atoms with Crippen molar-refractivity contribution in [3.05, 3.63) is 52.0 Å². The number of aromatic nitrogens is 2. The second kappa shape index (κ2) is 5.56. The maximum Gasteiger partial charge on any atom is 0.216 e. The zero-order valence-corrected chi connectivity index (χ0v) is 13.9. The van der Waals surface area contributed by atoms with Gasteiger partial charge < -0.3 is 0 Å². The molecule has 0 amide bonds. The van der Waals surface area contributed by atoms with Gasteiger partial charge in [0.1, 0.15) is 11.0 Å². The van der Waals surface area contributed by atoms with Crippen molar-refractivity contribution in [3.63, 3.8) is 0 Å². The van der Waals surface area contributed by atoms with Crippen LogP contribution in [0.3, 0.4) is 0 Å². The first-order chi connectivity index (χ1) is 11.3. The Morgan fingerprint density at radius 1 is 1.00 bits per heavy atom. The molecule has 4 rings (SSSR count). The smallest absolute Gasteiger partial charge is 0.216 e. The summed E-state index contributed by atoms with van der Waals surface area (Å²) in [6.45, 7) is 7.62. The Labute approximate surface area is 144 Å². The fourth-order valence-electron chi connectivity index (χ4n) is 2.53. The van der Waals surface area contributed by atoms with Crippen molar-refractivity contribution in [1.82, 2.24) is 8.75 Å². The Kier molecular flexibility index (Phi) is 3.40. The molecule has 3 heterocycles. The zero-order chi connectivity index (χ0) is 15.8. The van der Waals surface area contributed by atoms with Crippen LogP contribution in [0, 0.1) is 17.9 Å². The van der Waals surface area contributed by atoms with Crippen molar-refractivity contribution < 1.29 is 0 Å². The summed E-state index contributed by atoms with van der Waals surface area (Å²) in [6.07, 6.45) is 0. The molecule has 0 bridgehead atoms. The summed E-state index contributed by atoms with van der Waals surface area (Å²) in [6, 6.07) is 9.97. The third kappa shape index (κ3) is 2.07. The van der Waals surface area contributed by atoms with Gasteiger partial charge in [-0.05, 0) is 22.9 Å². The first-order valence-corrected chi connectivity index (χ1v) is 9.01. The Morgan fingerprint density at radius 2 is 1.61 bits per heavy atom. The van der Waals surface area contributed by atoms with E-state index in [9.17, 15) is 5.26 Å². The Bertz CT molecular complexity index is 991. The molecule has 0 atom stereocenters. The monoisotopic (exact) mass is 350 g/mol. The van der Waals surface area contributed by atoms with E-state index in [-0.39, 0.29) is 0 Å². The molecule has 3 aromatic heterocycles. The number of rotatable bonds is 2. The molecule has 0 N–H and O–H groups in total. The maximum absolute atomic E-state index is 9.72. The predicted octanol–water partition coefficient (Wildman–Crippen LogP) is 5.57. The van der Waals surface area contributed by atoms with E-state index in [2.05, 4.69) is 19.7 Å². The van der Waals surface area contributed by atoms with Crippen molar-refractivity contribution in [2.75, 3.05) is 0 Å². The molecule has 0 fully saturated rings. The summed E-state index contributed by atoms with van der Waals surface area (Å²) in [5.74, 6) is 0. The van der Waals surface area contributed by atoms with Gasteiger partial charge in [0.15, 0.2) is 0 Å². The quantitative estimate of drug-likeness (QED) is 0.444. The van der Waals surface area contributed by atoms with Gasteiger partial charge in [-0.25, -0.2) is 4.85 Å². The van der Waals surface area contributed by atoms with E-state index < -0.39 is 0 Å². The van der Waals surface area contributed by atoms with E-state index in [1.54, 1.807) is 0 Å². The van der Waals surface area contributed by atoms with E-state index in [4.69, 9.17) is 6.57 Å². The molecular formula is C16H6N4S3. The van der Waals surface area contributed by atoms with Gasteiger partial charge in [-0.3, -0.25) is 0 Å². The molecule has 7 heteroatoms. The van der Waals surface area contributed by atoms with E-state index in [0.29, 0.717) is 22.3 Å². The molecule has 0 unspecified atom stereocenters. The van der Waals surface area contributed by atoms with Crippen LogP contribution in [-0.2, 0) is 0 Å². The standard InChI is InChI=1S/C16H6N4S3/c1-18-14-9(8-17)12(10-4-2-6-21-10)15-16(20-23-19-15)13(14)11-5-3-7-22-11/h2-7H. The molecular weight excluding hydrogens is 344 g/mol. The van der Waals surface area contributed by atoms with Crippen LogP contribution >= 0.6 is 34.4 Å². The van der Waals surface area contributed by atoms with Crippen LogP contribution in [0.2, 0.25) is 0 Å². The summed E-state index contributed by atoms with van der Waals surface area (Å²) >= 11 is 4.18. The number of hydrogen-bond acceptors (Lipinski definition) is 6. The van der Waals surface area contributed by atoms with E-state index >= 15 is 0 Å². The Morgan fingerprint density at radius 3 is 2.13 bits per heavy atom. The number of thiophene rings is 2. The van der Waals surface area contributed by atoms with Crippen LogP contribution in [0.1, 0.15) is 5.56 Å². The second-order valence-electron chi connectivity index (χ2n) is 4.61. The topological polar surface area (TPSA) is 53.9 Å². The van der Waals surface area contributed by atoms with E-state index in [0.717, 1.165) is 32.6 Å². The fourth-order valence-corrected chi connectivity index (χ4v) is 4.64. The molecule has 0 saturated heterocycles. The van der Waals surface area contributed by atoms with Gasteiger partial charge in [0.2, 0.25) is 5.69 Å². The molecule has 0 aliphatic heterocycles. The fraction of sp³-hybridized carbons (Fsp3) is 0. The summed E-state index contributed by atoms with van der Waals surface area (Å²) in [5, 5.41) is 13.6. The van der Waals surface area contributed by atoms with E-state index in [1.807, 2.05) is 35.0 Å². The molecule has 1 aromatic carbocycles. The number of nitrogens with zero attached hydrogens (tertiary/aromatic N) is 4. The van der Waals surface area contributed by atoms with Crippen molar-refractivity contribution >= 4 is 51.1 Å². The summed E-state index contributed by atoms with van der Waals surface area (Å²) < 4.78 is 8.84. The van der Waals surface area contributed by atoms with Crippen LogP contribution in [0.15, 0.2) is 35.0 Å². The lowest BCUT2D eigenvalue weighted by atomic mass is 9.97. The van der Waals surface area contributed by atoms with Crippen molar-refractivity contribution in [2.45, 2.75) is 0 Å². The zero-order valence-electron chi connectivity index (χ0n) is 11.5. The molecule has 0 aliphatic rings. The van der Waals surface area contributed by atoms with Crippen molar-refractivity contribution in [3.8, 4) is 27.0 Å². The number of benzene rings is 1. The number of fused-ring (bicyclic) bond motifs is 1. The minimum atomic E-state index is 0.360. The third-order valence-corrected chi connectivity index (χ3v) is 5.75. The SMILES string of the molecule is [C-]#[N+]c1c(C#N)c(-c2cccs2)c2nsnc2c1-c1cccs1. The molecule has 0 saturated carbocycles. The largest absolute Gasteiger partial charge is 0.236 e. The minimum absolute atomic E-state index is 0.360. The summed E-state index contributed by atoms with van der Waals surface area (Å²) in [5.41, 5.74) is 3.58. The van der Waals surface area contributed by atoms with Crippen molar-refractivity contribution in [2.24, 2.45) is 0 Å². The number of nitriles is 1. The van der Waals surface area contributed by atoms with Gasteiger partial charge in [0.25, 0.3) is 0 Å². The van der Waals surface area contributed by atoms with Crippen LogP contribution in [-0.4, -0.2) is 8.75 Å². The third-order valence-electron chi connectivity index (χ3n) is 3.44. The van der Waals surface area contributed by atoms with Gasteiger partial charge in [-0.2, -0.15) is 14.0 Å². The highest BCUT2D eigenvalue weighted by Gasteiger charge is 2.25. The highest BCUT2D eigenvalue weighted by molar-refractivity contribution is 7.14. The van der Waals surface area contributed by atoms with Crippen LogP contribution < -0.4 is 0 Å². The van der Waals surface area contributed by atoms with Crippen LogP contribution in [0.4, 0.5) is 5.69 Å². The molecule has 108 valence electrons.